The molecule has 0 amide bonds. The molecule has 0 aliphatic carbocycles. The van der Waals surface area contributed by atoms with Crippen molar-refractivity contribution in [2.24, 2.45) is 5.41 Å². The van der Waals surface area contributed by atoms with Gasteiger partial charge in [0, 0.05) is 12.0 Å². The van der Waals surface area contributed by atoms with Crippen LogP contribution in [0.3, 0.4) is 0 Å². The van der Waals surface area contributed by atoms with Gasteiger partial charge in [0.1, 0.15) is 0 Å². The highest BCUT2D eigenvalue weighted by Gasteiger charge is 2.17. The Hall–Kier alpha value is -0.0800. The molecular weight excluding hydrogens is 150 g/mol. The van der Waals surface area contributed by atoms with Crippen LogP contribution in [-0.4, -0.2) is 26.3 Å². The zero-order valence-corrected chi connectivity index (χ0v) is 9.11. The fourth-order valence-corrected chi connectivity index (χ4v) is 1.02. The first kappa shape index (κ1) is 11.9. The van der Waals surface area contributed by atoms with Gasteiger partial charge in [-0.3, -0.25) is 0 Å². The number of rotatable bonds is 6. The lowest BCUT2D eigenvalue weighted by Crippen LogP contribution is -2.32. The summed E-state index contributed by atoms with van der Waals surface area (Å²) in [6.45, 7) is 10.5. The second-order valence-electron chi connectivity index (χ2n) is 4.22. The summed E-state index contributed by atoms with van der Waals surface area (Å²) in [6, 6.07) is 0. The maximum absolute atomic E-state index is 5.67. The van der Waals surface area contributed by atoms with Gasteiger partial charge in [-0.25, -0.2) is 0 Å². The molecule has 12 heavy (non-hydrogen) atoms. The third-order valence-electron chi connectivity index (χ3n) is 1.99. The first-order valence-corrected chi connectivity index (χ1v) is 4.78. The number of hydrogen-bond acceptors (Lipinski definition) is 2. The van der Waals surface area contributed by atoms with E-state index in [0.717, 1.165) is 19.6 Å². The van der Waals surface area contributed by atoms with Gasteiger partial charge in [-0.1, -0.05) is 20.8 Å². The van der Waals surface area contributed by atoms with Crippen molar-refractivity contribution < 1.29 is 4.74 Å². The average molecular weight is 173 g/mol. The van der Waals surface area contributed by atoms with Crippen molar-refractivity contribution >= 4 is 0 Å². The normalized spacial score (nSPS) is 14.8. The average Bonchev–Trinajstić information content (AvgIpc) is 2.00. The van der Waals surface area contributed by atoms with Crippen LogP contribution in [0.15, 0.2) is 0 Å². The van der Waals surface area contributed by atoms with Crippen LogP contribution in [0, 0.1) is 5.41 Å². The summed E-state index contributed by atoms with van der Waals surface area (Å²) in [7, 11) is 1.98. The molecule has 0 bridgehead atoms. The largest absolute Gasteiger partial charge is 0.378 e. The predicted octanol–water partition coefficient (Wildman–Crippen LogP) is 2.05. The molecule has 74 valence electrons. The van der Waals surface area contributed by atoms with Crippen LogP contribution < -0.4 is 5.32 Å². The van der Waals surface area contributed by atoms with Crippen LogP contribution in [-0.2, 0) is 4.74 Å². The molecule has 0 aromatic carbocycles. The van der Waals surface area contributed by atoms with E-state index in [9.17, 15) is 0 Å². The first-order chi connectivity index (χ1) is 5.52. The molecule has 0 heterocycles. The zero-order valence-electron chi connectivity index (χ0n) is 9.11. The highest BCUT2D eigenvalue weighted by Crippen LogP contribution is 2.15. The van der Waals surface area contributed by atoms with E-state index in [4.69, 9.17) is 4.74 Å². The van der Waals surface area contributed by atoms with E-state index in [1.54, 1.807) is 0 Å². The van der Waals surface area contributed by atoms with Gasteiger partial charge in [0.25, 0.3) is 0 Å². The summed E-state index contributed by atoms with van der Waals surface area (Å²) in [5, 5.41) is 3.17. The third-order valence-corrected chi connectivity index (χ3v) is 1.99. The van der Waals surface area contributed by atoms with Crippen molar-refractivity contribution in [3.05, 3.63) is 0 Å². The fourth-order valence-electron chi connectivity index (χ4n) is 1.02. The second kappa shape index (κ2) is 5.55. The van der Waals surface area contributed by atoms with Gasteiger partial charge >= 0.3 is 0 Å². The molecule has 1 unspecified atom stereocenters. The molecule has 0 saturated heterocycles. The van der Waals surface area contributed by atoms with Gasteiger partial charge in [-0.05, 0) is 20.4 Å². The van der Waals surface area contributed by atoms with E-state index in [2.05, 4.69) is 33.0 Å². The van der Waals surface area contributed by atoms with E-state index < -0.39 is 0 Å². The SMILES string of the molecule is CCC(C)OCC(C)(C)CNC. The minimum atomic E-state index is 0.248. The van der Waals surface area contributed by atoms with Crippen molar-refractivity contribution in [2.45, 2.75) is 40.2 Å². The van der Waals surface area contributed by atoms with Gasteiger partial charge in [0.05, 0.1) is 12.7 Å². The molecule has 1 atom stereocenters. The lowest BCUT2D eigenvalue weighted by atomic mass is 9.95. The van der Waals surface area contributed by atoms with Gasteiger partial charge in [0.15, 0.2) is 0 Å². The molecule has 0 aromatic rings. The smallest absolute Gasteiger partial charge is 0.0544 e. The van der Waals surface area contributed by atoms with E-state index in [1.165, 1.54) is 0 Å². The molecule has 0 fully saturated rings. The van der Waals surface area contributed by atoms with Gasteiger partial charge in [-0.2, -0.15) is 0 Å². The summed E-state index contributed by atoms with van der Waals surface area (Å²) in [5.74, 6) is 0. The summed E-state index contributed by atoms with van der Waals surface area (Å²) in [5.41, 5.74) is 0.248. The van der Waals surface area contributed by atoms with Crippen LogP contribution in [0.1, 0.15) is 34.1 Å². The van der Waals surface area contributed by atoms with Crippen LogP contribution in [0.2, 0.25) is 0 Å². The Bertz CT molecular complexity index is 112. The monoisotopic (exact) mass is 173 g/mol. The highest BCUT2D eigenvalue weighted by atomic mass is 16.5. The predicted molar refractivity (Wildman–Crippen MR) is 53.4 cm³/mol. The Morgan fingerprint density at radius 3 is 2.42 bits per heavy atom. The lowest BCUT2D eigenvalue weighted by molar-refractivity contribution is 0.0115. The maximum Gasteiger partial charge on any atom is 0.0544 e. The van der Waals surface area contributed by atoms with Crippen LogP contribution in [0.25, 0.3) is 0 Å². The van der Waals surface area contributed by atoms with Gasteiger partial charge in [0.2, 0.25) is 0 Å². The molecular formula is C10H23NO. The Kier molecular flexibility index (Phi) is 5.51. The highest BCUT2D eigenvalue weighted by molar-refractivity contribution is 4.70. The standard InChI is InChI=1S/C10H23NO/c1-6-9(2)12-8-10(3,4)7-11-5/h9,11H,6-8H2,1-5H3. The van der Waals surface area contributed by atoms with Crippen molar-refractivity contribution in [1.29, 1.82) is 0 Å². The van der Waals surface area contributed by atoms with Crippen molar-refractivity contribution in [2.75, 3.05) is 20.2 Å². The number of hydrogen-bond donors (Lipinski definition) is 1. The van der Waals surface area contributed by atoms with Gasteiger partial charge < -0.3 is 10.1 Å². The molecule has 0 saturated carbocycles. The maximum atomic E-state index is 5.67. The summed E-state index contributed by atoms with van der Waals surface area (Å²) < 4.78 is 5.67. The number of ether oxygens (including phenoxy) is 1. The van der Waals surface area contributed by atoms with Crippen LogP contribution >= 0.6 is 0 Å². The van der Waals surface area contributed by atoms with E-state index in [1.807, 2.05) is 7.05 Å². The van der Waals surface area contributed by atoms with E-state index in [0.29, 0.717) is 6.10 Å². The van der Waals surface area contributed by atoms with Crippen molar-refractivity contribution in [1.82, 2.24) is 5.32 Å². The summed E-state index contributed by atoms with van der Waals surface area (Å²) in [6.07, 6.45) is 1.48. The molecule has 2 nitrogen and oxygen atoms in total. The molecule has 0 radical (unpaired) electrons. The Balaban J connectivity index is 3.59. The molecule has 0 spiro atoms. The Labute approximate surface area is 76.7 Å². The Morgan fingerprint density at radius 2 is 2.00 bits per heavy atom. The molecule has 0 aromatic heterocycles. The molecule has 1 N–H and O–H groups in total. The zero-order chi connectivity index (χ0) is 9.61. The molecule has 2 heteroatoms. The fraction of sp³-hybridized carbons (Fsp3) is 1.00. The van der Waals surface area contributed by atoms with Crippen molar-refractivity contribution in [3.63, 3.8) is 0 Å². The Morgan fingerprint density at radius 1 is 1.42 bits per heavy atom. The minimum absolute atomic E-state index is 0.248. The molecule has 0 aliphatic heterocycles. The van der Waals surface area contributed by atoms with Crippen LogP contribution in [0.5, 0.6) is 0 Å². The lowest BCUT2D eigenvalue weighted by Gasteiger charge is -2.25. The minimum Gasteiger partial charge on any atom is -0.378 e. The quantitative estimate of drug-likeness (QED) is 0.663. The molecule has 0 aliphatic rings. The number of nitrogens with one attached hydrogen (secondary N) is 1. The molecule has 0 rings (SSSR count). The second-order valence-corrected chi connectivity index (χ2v) is 4.22. The topological polar surface area (TPSA) is 21.3 Å². The first-order valence-electron chi connectivity index (χ1n) is 4.78. The van der Waals surface area contributed by atoms with Crippen LogP contribution in [0.4, 0.5) is 0 Å². The van der Waals surface area contributed by atoms with Crippen molar-refractivity contribution in [3.8, 4) is 0 Å². The third kappa shape index (κ3) is 5.56. The van der Waals surface area contributed by atoms with Gasteiger partial charge in [-0.15, -0.1) is 0 Å². The summed E-state index contributed by atoms with van der Waals surface area (Å²) in [4.78, 5) is 0. The summed E-state index contributed by atoms with van der Waals surface area (Å²) >= 11 is 0. The van der Waals surface area contributed by atoms with E-state index in [-0.39, 0.29) is 5.41 Å². The van der Waals surface area contributed by atoms with E-state index >= 15 is 0 Å².